The fraction of sp³-hybridized carbons (Fsp3) is 0.273. The van der Waals surface area contributed by atoms with E-state index in [1.54, 1.807) is 6.07 Å². The van der Waals surface area contributed by atoms with E-state index < -0.39 is 5.82 Å². The third-order valence-electron chi connectivity index (χ3n) is 11.3. The molecule has 1 N–H and O–H groups in total. The first-order chi connectivity index (χ1) is 28.3. The van der Waals surface area contributed by atoms with Crippen molar-refractivity contribution in [1.29, 1.82) is 0 Å². The van der Waals surface area contributed by atoms with E-state index in [9.17, 15) is 9.50 Å². The molecule has 0 saturated carbocycles. The number of phenolic OH excluding ortho intramolecular Hbond substituents is 1. The first-order valence-corrected chi connectivity index (χ1v) is 20.9. The first kappa shape index (κ1) is 45.2. The third kappa shape index (κ3) is 9.74. The average Bonchev–Trinajstić information content (AvgIpc) is 3.58. The zero-order valence-corrected chi connectivity index (χ0v) is 39.6. The maximum Gasteiger partial charge on any atom is 0.148 e. The molecule has 7 rings (SSSR count). The minimum Gasteiger partial charge on any atom is -0.507 e. The summed E-state index contributed by atoms with van der Waals surface area (Å²) in [6.45, 7) is 24.2. The Morgan fingerprint density at radius 2 is 1.36 bits per heavy atom. The normalized spacial score (nSPS) is 12.5. The van der Waals surface area contributed by atoms with Gasteiger partial charge in [-0.25, -0.2) is 9.37 Å². The van der Waals surface area contributed by atoms with E-state index in [0.29, 0.717) is 11.4 Å². The molecule has 0 atom stereocenters. The molecule has 316 valence electrons. The Labute approximate surface area is 376 Å². The van der Waals surface area contributed by atoms with Crippen LogP contribution >= 0.6 is 0 Å². The number of aromatic nitrogens is 3. The van der Waals surface area contributed by atoms with Gasteiger partial charge in [-0.05, 0) is 106 Å². The van der Waals surface area contributed by atoms with Crippen LogP contribution in [0.4, 0.5) is 4.39 Å². The number of phenols is 1. The van der Waals surface area contributed by atoms with Gasteiger partial charge in [0.25, 0.3) is 0 Å². The molecule has 0 spiro atoms. The molecular weight excluding hydrogens is 933 g/mol. The van der Waals surface area contributed by atoms with E-state index in [0.717, 1.165) is 68.3 Å². The van der Waals surface area contributed by atoms with Gasteiger partial charge >= 0.3 is 0 Å². The van der Waals surface area contributed by atoms with Crippen molar-refractivity contribution in [3.05, 3.63) is 167 Å². The van der Waals surface area contributed by atoms with Gasteiger partial charge in [0.05, 0.1) is 16.6 Å². The predicted molar refractivity (Wildman–Crippen MR) is 250 cm³/mol. The SMILES string of the molecule is C/C=C\C=C\Cc1cc(-c2ccnc(-c3[c-]c(-c4cccc5c4nc(-c4ccc(F)cc4O)n5-c4cc(C(C)(C)C)cc(C(C)(C)C)c4)cc(C(C)(C)C)c3)c2)ccc1C.[Pt]. The van der Waals surface area contributed by atoms with Crippen LogP contribution in [0.2, 0.25) is 0 Å². The summed E-state index contributed by atoms with van der Waals surface area (Å²) < 4.78 is 16.6. The third-order valence-corrected chi connectivity index (χ3v) is 11.3. The van der Waals surface area contributed by atoms with Gasteiger partial charge in [0.1, 0.15) is 17.4 Å². The molecular formula is C55H57FN3OPt-. The van der Waals surface area contributed by atoms with Gasteiger partial charge in [-0.2, -0.15) is 0 Å². The first-order valence-electron chi connectivity index (χ1n) is 20.9. The summed E-state index contributed by atoms with van der Waals surface area (Å²) >= 11 is 0. The van der Waals surface area contributed by atoms with Gasteiger partial charge < -0.3 is 5.11 Å². The summed E-state index contributed by atoms with van der Waals surface area (Å²) in [5.41, 5.74) is 14.3. The number of hydrogen-bond acceptors (Lipinski definition) is 3. The molecule has 5 aromatic carbocycles. The smallest absolute Gasteiger partial charge is 0.148 e. The van der Waals surface area contributed by atoms with Gasteiger partial charge in [-0.1, -0.05) is 140 Å². The number of aromatic hydroxyl groups is 1. The Hall–Kier alpha value is -5.38. The maximum absolute atomic E-state index is 14.5. The number of para-hydroxylation sites is 1. The summed E-state index contributed by atoms with van der Waals surface area (Å²) in [6.07, 6.45) is 11.1. The Morgan fingerprint density at radius 3 is 2.02 bits per heavy atom. The van der Waals surface area contributed by atoms with E-state index in [1.165, 1.54) is 28.3 Å². The van der Waals surface area contributed by atoms with Crippen molar-refractivity contribution in [2.45, 2.75) is 98.8 Å². The molecule has 0 radical (unpaired) electrons. The van der Waals surface area contributed by atoms with Crippen molar-refractivity contribution < 1.29 is 30.6 Å². The number of aryl methyl sites for hydroxylation is 1. The predicted octanol–water partition coefficient (Wildman–Crippen LogP) is 14.6. The average molecular weight is 990 g/mol. The molecule has 0 aliphatic rings. The number of fused-ring (bicyclic) bond motifs is 1. The number of allylic oxidation sites excluding steroid dienone is 4. The van der Waals surface area contributed by atoms with Crippen molar-refractivity contribution >= 4 is 11.0 Å². The van der Waals surface area contributed by atoms with Gasteiger partial charge in [0, 0.05) is 44.7 Å². The Morgan fingerprint density at radius 1 is 0.705 bits per heavy atom. The monoisotopic (exact) mass is 989 g/mol. The van der Waals surface area contributed by atoms with Crippen LogP contribution in [0.25, 0.3) is 61.6 Å². The topological polar surface area (TPSA) is 50.9 Å². The van der Waals surface area contributed by atoms with Crippen LogP contribution < -0.4 is 0 Å². The molecule has 2 heterocycles. The van der Waals surface area contributed by atoms with E-state index in [4.69, 9.17) is 9.97 Å². The fourth-order valence-electron chi connectivity index (χ4n) is 7.56. The van der Waals surface area contributed by atoms with Gasteiger partial charge in [0.15, 0.2) is 0 Å². The fourth-order valence-corrected chi connectivity index (χ4v) is 7.56. The largest absolute Gasteiger partial charge is 0.507 e. The number of benzene rings is 5. The van der Waals surface area contributed by atoms with Crippen LogP contribution in [-0.2, 0) is 43.7 Å². The van der Waals surface area contributed by atoms with E-state index in [2.05, 4.69) is 177 Å². The number of halogens is 1. The van der Waals surface area contributed by atoms with Crippen molar-refractivity contribution in [3.8, 4) is 56.3 Å². The van der Waals surface area contributed by atoms with Crippen molar-refractivity contribution in [3.63, 3.8) is 0 Å². The van der Waals surface area contributed by atoms with E-state index in [-0.39, 0.29) is 43.1 Å². The van der Waals surface area contributed by atoms with Crippen LogP contribution in [0.1, 0.15) is 97.1 Å². The van der Waals surface area contributed by atoms with Crippen LogP contribution in [-0.4, -0.2) is 19.6 Å². The molecule has 0 bridgehead atoms. The van der Waals surface area contributed by atoms with Gasteiger partial charge in [-0.3, -0.25) is 9.55 Å². The standard InChI is InChI=1S/C55H57FN3O.Pt/c1-12-13-14-15-17-36-26-37(21-20-35(36)2)38-24-25-57-48(30-38)40-27-39(28-41(29-40)53(3,4)5)46-18-16-19-49-51(46)58-52(47-23-22-44(56)34-50(47)60)59(49)45-32-42(54(6,7)8)31-43(33-45)55(9,10)11;/h12-16,18-26,28-34,60H,17H2,1-11H3;/q-1;/b13-12-,15-14+;. The summed E-state index contributed by atoms with van der Waals surface area (Å²) in [5.74, 6) is -0.156. The molecule has 61 heavy (non-hydrogen) atoms. The van der Waals surface area contributed by atoms with Crippen LogP contribution in [0.5, 0.6) is 5.75 Å². The van der Waals surface area contributed by atoms with Crippen molar-refractivity contribution in [2.75, 3.05) is 0 Å². The second kappa shape index (κ2) is 17.5. The number of hydrogen-bond donors (Lipinski definition) is 1. The minimum atomic E-state index is -0.511. The zero-order valence-electron chi connectivity index (χ0n) is 37.3. The van der Waals surface area contributed by atoms with E-state index in [1.807, 2.05) is 19.2 Å². The molecule has 2 aromatic heterocycles. The van der Waals surface area contributed by atoms with Crippen molar-refractivity contribution in [2.24, 2.45) is 0 Å². The number of nitrogens with zero attached hydrogens (tertiary/aromatic N) is 3. The molecule has 0 aliphatic carbocycles. The summed E-state index contributed by atoms with van der Waals surface area (Å²) in [4.78, 5) is 10.2. The van der Waals surface area contributed by atoms with E-state index >= 15 is 0 Å². The Kier molecular flexibility index (Phi) is 13.0. The number of pyridine rings is 1. The van der Waals surface area contributed by atoms with Crippen LogP contribution in [0.15, 0.2) is 128 Å². The van der Waals surface area contributed by atoms with Gasteiger partial charge in [-0.15, -0.1) is 29.3 Å². The summed E-state index contributed by atoms with van der Waals surface area (Å²) in [6, 6.07) is 36.2. The number of rotatable bonds is 8. The summed E-state index contributed by atoms with van der Waals surface area (Å²) in [7, 11) is 0. The Bertz CT molecular complexity index is 2760. The summed E-state index contributed by atoms with van der Waals surface area (Å²) in [5, 5.41) is 11.3. The molecule has 7 aromatic rings. The molecule has 0 amide bonds. The second-order valence-corrected chi connectivity index (χ2v) is 19.0. The Balaban J connectivity index is 0.00000622. The number of imidazole rings is 1. The molecule has 6 heteroatoms. The molecule has 0 fully saturated rings. The molecule has 0 aliphatic heterocycles. The maximum atomic E-state index is 14.5. The van der Waals surface area contributed by atoms with Crippen molar-refractivity contribution in [1.82, 2.24) is 14.5 Å². The zero-order chi connectivity index (χ0) is 43.1. The van der Waals surface area contributed by atoms with Crippen LogP contribution in [0.3, 0.4) is 0 Å². The van der Waals surface area contributed by atoms with Gasteiger partial charge in [0.2, 0.25) is 0 Å². The quantitative estimate of drug-likeness (QED) is 0.122. The molecule has 0 saturated heterocycles. The minimum absolute atomic E-state index is 0. The molecule has 0 unspecified atom stereocenters. The molecule has 4 nitrogen and oxygen atoms in total. The van der Waals surface area contributed by atoms with Crippen LogP contribution in [0, 0.1) is 18.8 Å². The second-order valence-electron chi connectivity index (χ2n) is 19.0.